The Morgan fingerprint density at radius 1 is 1.26 bits per heavy atom. The summed E-state index contributed by atoms with van der Waals surface area (Å²) >= 11 is 0. The van der Waals surface area contributed by atoms with Gasteiger partial charge in [0.25, 0.3) is 0 Å². The van der Waals surface area contributed by atoms with Gasteiger partial charge >= 0.3 is 0 Å². The minimum atomic E-state index is -0.0526. The molecule has 5 atom stereocenters. The summed E-state index contributed by atoms with van der Waals surface area (Å²) in [6, 6.07) is 0.682. The molecule has 2 saturated heterocycles. The summed E-state index contributed by atoms with van der Waals surface area (Å²) in [5.74, 6) is 1.45. The maximum absolute atomic E-state index is 6.87. The molecule has 0 bridgehead atoms. The first-order valence-electron chi connectivity index (χ1n) is 8.01. The lowest BCUT2D eigenvalue weighted by atomic mass is 9.48. The number of hydrogen-bond donors (Lipinski definition) is 1. The number of piperidine rings is 1. The van der Waals surface area contributed by atoms with E-state index in [-0.39, 0.29) is 11.0 Å². The molecule has 0 amide bonds. The second-order valence-electron chi connectivity index (χ2n) is 7.90. The van der Waals surface area contributed by atoms with Crippen LogP contribution in [-0.4, -0.2) is 42.3 Å². The summed E-state index contributed by atoms with van der Waals surface area (Å²) in [6.45, 7) is 12.5. The maximum atomic E-state index is 6.87. The van der Waals surface area contributed by atoms with Crippen molar-refractivity contribution >= 4 is 0 Å². The van der Waals surface area contributed by atoms with E-state index >= 15 is 0 Å². The van der Waals surface area contributed by atoms with Gasteiger partial charge in [-0.05, 0) is 38.6 Å². The van der Waals surface area contributed by atoms with Crippen molar-refractivity contribution in [2.45, 2.75) is 64.6 Å². The van der Waals surface area contributed by atoms with Crippen molar-refractivity contribution in [2.24, 2.45) is 23.0 Å². The van der Waals surface area contributed by atoms with E-state index < -0.39 is 0 Å². The Balaban J connectivity index is 1.72. The van der Waals surface area contributed by atoms with Crippen molar-refractivity contribution < 1.29 is 4.74 Å². The van der Waals surface area contributed by atoms with Gasteiger partial charge in [0.2, 0.25) is 0 Å². The third kappa shape index (κ3) is 1.89. The van der Waals surface area contributed by atoms with Gasteiger partial charge in [-0.25, -0.2) is 0 Å². The van der Waals surface area contributed by atoms with E-state index in [2.05, 4.69) is 32.6 Å². The van der Waals surface area contributed by atoms with Crippen LogP contribution in [-0.2, 0) is 4.74 Å². The lowest BCUT2D eigenvalue weighted by Crippen LogP contribution is -2.78. The third-order valence-electron chi connectivity index (χ3n) is 6.40. The Hall–Kier alpha value is -0.120. The molecule has 19 heavy (non-hydrogen) atoms. The average molecular weight is 266 g/mol. The van der Waals surface area contributed by atoms with Crippen LogP contribution in [0.4, 0.5) is 0 Å². The van der Waals surface area contributed by atoms with E-state index in [4.69, 9.17) is 10.5 Å². The summed E-state index contributed by atoms with van der Waals surface area (Å²) in [6.07, 6.45) is 4.20. The molecule has 3 rings (SSSR count). The van der Waals surface area contributed by atoms with Crippen LogP contribution >= 0.6 is 0 Å². The Morgan fingerprint density at radius 3 is 2.68 bits per heavy atom. The monoisotopic (exact) mass is 266 g/mol. The van der Waals surface area contributed by atoms with Gasteiger partial charge in [0.1, 0.15) is 0 Å². The van der Waals surface area contributed by atoms with Gasteiger partial charge in [-0.2, -0.15) is 0 Å². The van der Waals surface area contributed by atoms with E-state index in [1.54, 1.807) is 0 Å². The van der Waals surface area contributed by atoms with Gasteiger partial charge in [0, 0.05) is 36.1 Å². The highest BCUT2D eigenvalue weighted by Crippen LogP contribution is 2.58. The molecule has 3 aliphatic rings. The lowest BCUT2D eigenvalue weighted by Gasteiger charge is -2.64. The van der Waals surface area contributed by atoms with Crippen LogP contribution in [0.15, 0.2) is 0 Å². The fourth-order valence-electron chi connectivity index (χ4n) is 4.82. The number of ether oxygens (including phenoxy) is 1. The van der Waals surface area contributed by atoms with Gasteiger partial charge in [0.15, 0.2) is 0 Å². The highest BCUT2D eigenvalue weighted by molar-refractivity contribution is 5.21. The molecular weight excluding hydrogens is 236 g/mol. The molecule has 0 radical (unpaired) electrons. The second kappa shape index (κ2) is 4.44. The number of hydrogen-bond acceptors (Lipinski definition) is 3. The van der Waals surface area contributed by atoms with Crippen molar-refractivity contribution in [3.63, 3.8) is 0 Å². The van der Waals surface area contributed by atoms with Crippen molar-refractivity contribution in [1.82, 2.24) is 4.90 Å². The quantitative estimate of drug-likeness (QED) is 0.833. The molecule has 3 nitrogen and oxygen atoms in total. The summed E-state index contributed by atoms with van der Waals surface area (Å²) in [7, 11) is 0. The average Bonchev–Trinajstić information content (AvgIpc) is 2.80. The minimum absolute atomic E-state index is 0.0526. The van der Waals surface area contributed by atoms with Crippen LogP contribution in [0.3, 0.4) is 0 Å². The molecule has 1 saturated carbocycles. The standard InChI is InChI=1S/C16H30N2O/c1-11-5-7-18(12(2)9-11)10-16(17)13-6-8-19-14(13)15(16,3)4/h11-14H,5-10,17H2,1-4H3. The molecule has 0 aromatic rings. The largest absolute Gasteiger partial charge is 0.377 e. The van der Waals surface area contributed by atoms with Gasteiger partial charge in [0.05, 0.1) is 6.10 Å². The molecule has 2 aliphatic heterocycles. The minimum Gasteiger partial charge on any atom is -0.377 e. The highest BCUT2D eigenvalue weighted by Gasteiger charge is 2.67. The molecule has 2 heterocycles. The molecule has 3 fully saturated rings. The van der Waals surface area contributed by atoms with Gasteiger partial charge < -0.3 is 10.5 Å². The number of likely N-dealkylation sites (tertiary alicyclic amines) is 1. The first-order chi connectivity index (χ1) is 8.86. The SMILES string of the molecule is CC1CCN(CC2(N)C3CCOC3C2(C)C)C(C)C1. The normalized spacial score (nSPS) is 49.7. The first kappa shape index (κ1) is 13.8. The molecule has 0 aromatic heterocycles. The van der Waals surface area contributed by atoms with E-state index in [1.165, 1.54) is 19.4 Å². The predicted molar refractivity (Wildman–Crippen MR) is 78.0 cm³/mol. The highest BCUT2D eigenvalue weighted by atomic mass is 16.5. The summed E-state index contributed by atoms with van der Waals surface area (Å²) in [5, 5.41) is 0. The summed E-state index contributed by atoms with van der Waals surface area (Å²) in [5.41, 5.74) is 6.94. The molecule has 3 heteroatoms. The van der Waals surface area contributed by atoms with Crippen LogP contribution in [0, 0.1) is 17.3 Å². The number of fused-ring (bicyclic) bond motifs is 1. The van der Waals surface area contributed by atoms with E-state index in [0.717, 1.165) is 25.5 Å². The summed E-state index contributed by atoms with van der Waals surface area (Å²) < 4.78 is 5.90. The van der Waals surface area contributed by atoms with Crippen molar-refractivity contribution in [2.75, 3.05) is 19.7 Å². The lowest BCUT2D eigenvalue weighted by molar-refractivity contribution is -0.166. The Kier molecular flexibility index (Phi) is 3.23. The van der Waals surface area contributed by atoms with Crippen LogP contribution in [0.1, 0.15) is 47.0 Å². The van der Waals surface area contributed by atoms with Crippen LogP contribution in [0.25, 0.3) is 0 Å². The molecule has 0 spiro atoms. The van der Waals surface area contributed by atoms with Crippen molar-refractivity contribution in [3.05, 3.63) is 0 Å². The predicted octanol–water partition coefficient (Wildman–Crippen LogP) is 2.25. The van der Waals surface area contributed by atoms with Crippen LogP contribution in [0.2, 0.25) is 0 Å². The molecule has 110 valence electrons. The van der Waals surface area contributed by atoms with Crippen molar-refractivity contribution in [1.29, 1.82) is 0 Å². The third-order valence-corrected chi connectivity index (χ3v) is 6.40. The molecule has 0 aromatic carbocycles. The topological polar surface area (TPSA) is 38.5 Å². The van der Waals surface area contributed by atoms with Crippen LogP contribution in [0.5, 0.6) is 0 Å². The zero-order valence-electron chi connectivity index (χ0n) is 13.0. The smallest absolute Gasteiger partial charge is 0.0691 e. The molecule has 1 aliphatic carbocycles. The Labute approximate surface area is 117 Å². The maximum Gasteiger partial charge on any atom is 0.0691 e. The van der Waals surface area contributed by atoms with E-state index in [0.29, 0.717) is 18.1 Å². The van der Waals surface area contributed by atoms with Crippen LogP contribution < -0.4 is 5.73 Å². The van der Waals surface area contributed by atoms with Gasteiger partial charge in [-0.3, -0.25) is 4.90 Å². The fraction of sp³-hybridized carbons (Fsp3) is 1.00. The number of nitrogens with zero attached hydrogens (tertiary/aromatic N) is 1. The fourth-order valence-corrected chi connectivity index (χ4v) is 4.82. The molecular formula is C16H30N2O. The first-order valence-corrected chi connectivity index (χ1v) is 8.01. The second-order valence-corrected chi connectivity index (χ2v) is 7.90. The Morgan fingerprint density at radius 2 is 2.00 bits per heavy atom. The number of rotatable bonds is 2. The molecule has 5 unspecified atom stereocenters. The van der Waals surface area contributed by atoms with Gasteiger partial charge in [-0.15, -0.1) is 0 Å². The van der Waals surface area contributed by atoms with E-state index in [1.807, 2.05) is 0 Å². The van der Waals surface area contributed by atoms with Crippen molar-refractivity contribution in [3.8, 4) is 0 Å². The number of nitrogens with two attached hydrogens (primary N) is 1. The van der Waals surface area contributed by atoms with E-state index in [9.17, 15) is 0 Å². The molecule has 2 N–H and O–H groups in total. The summed E-state index contributed by atoms with van der Waals surface area (Å²) in [4.78, 5) is 2.64. The van der Waals surface area contributed by atoms with Gasteiger partial charge in [-0.1, -0.05) is 20.8 Å². The zero-order valence-corrected chi connectivity index (χ0v) is 13.0. The Bertz CT molecular complexity index is 357. The zero-order chi connectivity index (χ0) is 13.8.